The molecule has 2 fully saturated rings. The zero-order valence-corrected chi connectivity index (χ0v) is 18.4. The van der Waals surface area contributed by atoms with E-state index in [4.69, 9.17) is 21.1 Å². The standard InChI is InChI=1S/C25H29ClO5/c1-13-8-19-23(26)17(9-14-2-4-15(5-3-14)16-6-7-16)10-18(25(19)30-13)21-11-20(28)24(29)22(12-27)31-21/h2-5,10,13,16,20-22,24,27-29H,6-9,11-12H2,1H3/t13?,20?,21?,22?,24-/m0/s1. The van der Waals surface area contributed by atoms with Gasteiger partial charge in [0.1, 0.15) is 24.1 Å². The van der Waals surface area contributed by atoms with Gasteiger partial charge in [-0.25, -0.2) is 0 Å². The van der Waals surface area contributed by atoms with Gasteiger partial charge in [0.15, 0.2) is 0 Å². The van der Waals surface area contributed by atoms with E-state index < -0.39 is 24.4 Å². The molecular weight excluding hydrogens is 416 g/mol. The lowest BCUT2D eigenvalue weighted by Gasteiger charge is -2.37. The number of ether oxygens (including phenoxy) is 2. The lowest BCUT2D eigenvalue weighted by Crippen LogP contribution is -2.47. The van der Waals surface area contributed by atoms with Crippen molar-refractivity contribution < 1.29 is 24.8 Å². The molecule has 4 unspecified atom stereocenters. The third kappa shape index (κ3) is 4.10. The smallest absolute Gasteiger partial charge is 0.130 e. The highest BCUT2D eigenvalue weighted by atomic mass is 35.5. The van der Waals surface area contributed by atoms with E-state index in [1.807, 2.05) is 13.0 Å². The molecule has 5 nitrogen and oxygen atoms in total. The molecule has 3 aliphatic rings. The van der Waals surface area contributed by atoms with E-state index in [2.05, 4.69) is 24.3 Å². The van der Waals surface area contributed by atoms with Crippen molar-refractivity contribution in [3.63, 3.8) is 0 Å². The molecule has 2 heterocycles. The monoisotopic (exact) mass is 444 g/mol. The van der Waals surface area contributed by atoms with E-state index in [0.29, 0.717) is 6.42 Å². The van der Waals surface area contributed by atoms with Crippen molar-refractivity contribution in [2.24, 2.45) is 0 Å². The maximum absolute atomic E-state index is 10.3. The molecule has 0 bridgehead atoms. The molecule has 31 heavy (non-hydrogen) atoms. The molecule has 0 amide bonds. The van der Waals surface area contributed by atoms with Crippen molar-refractivity contribution in [3.8, 4) is 5.75 Å². The van der Waals surface area contributed by atoms with E-state index in [1.165, 1.54) is 24.0 Å². The second-order valence-corrected chi connectivity index (χ2v) is 9.59. The van der Waals surface area contributed by atoms with Crippen molar-refractivity contribution in [3.05, 3.63) is 63.2 Å². The third-order valence-corrected chi connectivity index (χ3v) is 7.21. The maximum atomic E-state index is 10.3. The van der Waals surface area contributed by atoms with Gasteiger partial charge in [0.25, 0.3) is 0 Å². The van der Waals surface area contributed by atoms with Crippen LogP contribution in [0.4, 0.5) is 0 Å². The molecular formula is C25H29ClO5. The van der Waals surface area contributed by atoms with Crippen molar-refractivity contribution in [2.45, 2.75) is 75.5 Å². The van der Waals surface area contributed by atoms with Gasteiger partial charge in [0.05, 0.1) is 23.8 Å². The zero-order valence-electron chi connectivity index (χ0n) is 17.6. The molecule has 1 saturated heterocycles. The molecule has 0 radical (unpaired) electrons. The van der Waals surface area contributed by atoms with Gasteiger partial charge in [0, 0.05) is 24.0 Å². The Kier molecular flexibility index (Phi) is 5.74. The van der Waals surface area contributed by atoms with Crippen molar-refractivity contribution in [1.82, 2.24) is 0 Å². The van der Waals surface area contributed by atoms with Crippen LogP contribution >= 0.6 is 11.6 Å². The number of fused-ring (bicyclic) bond motifs is 1. The molecule has 0 aromatic heterocycles. The van der Waals surface area contributed by atoms with Gasteiger partial charge in [-0.05, 0) is 54.9 Å². The second-order valence-electron chi connectivity index (χ2n) is 9.21. The van der Waals surface area contributed by atoms with Crippen LogP contribution in [0.25, 0.3) is 0 Å². The summed E-state index contributed by atoms with van der Waals surface area (Å²) in [5, 5.41) is 30.8. The molecule has 6 heteroatoms. The normalized spacial score (nSPS) is 30.2. The summed E-state index contributed by atoms with van der Waals surface area (Å²) < 4.78 is 12.1. The molecule has 2 aliphatic heterocycles. The van der Waals surface area contributed by atoms with Gasteiger partial charge in [-0.1, -0.05) is 35.9 Å². The zero-order chi connectivity index (χ0) is 21.7. The van der Waals surface area contributed by atoms with E-state index in [9.17, 15) is 15.3 Å². The van der Waals surface area contributed by atoms with Gasteiger partial charge in [-0.15, -0.1) is 0 Å². The Labute approximate surface area is 187 Å². The quantitative estimate of drug-likeness (QED) is 0.655. The Hall–Kier alpha value is -1.63. The van der Waals surface area contributed by atoms with Crippen molar-refractivity contribution >= 4 is 11.6 Å². The molecule has 1 aliphatic carbocycles. The molecule has 2 aromatic carbocycles. The minimum atomic E-state index is -1.11. The minimum absolute atomic E-state index is 0.00654. The van der Waals surface area contributed by atoms with E-state index in [0.717, 1.165) is 39.8 Å². The van der Waals surface area contributed by atoms with Crippen LogP contribution in [-0.4, -0.2) is 46.3 Å². The summed E-state index contributed by atoms with van der Waals surface area (Å²) in [4.78, 5) is 0. The van der Waals surface area contributed by atoms with Crippen LogP contribution in [-0.2, 0) is 17.6 Å². The average molecular weight is 445 g/mol. The number of rotatable bonds is 5. The first-order chi connectivity index (χ1) is 14.9. The Balaban J connectivity index is 1.48. The molecule has 2 aromatic rings. The summed E-state index contributed by atoms with van der Waals surface area (Å²) in [6, 6.07) is 10.8. The predicted octanol–water partition coefficient (Wildman–Crippen LogP) is 3.68. The fourth-order valence-corrected chi connectivity index (χ4v) is 5.14. The molecule has 5 atom stereocenters. The van der Waals surface area contributed by atoms with Gasteiger partial charge in [-0.2, -0.15) is 0 Å². The fourth-order valence-electron chi connectivity index (χ4n) is 4.85. The Morgan fingerprint density at radius 3 is 2.55 bits per heavy atom. The highest BCUT2D eigenvalue weighted by Gasteiger charge is 2.40. The number of halogens is 1. The number of hydrogen-bond acceptors (Lipinski definition) is 5. The minimum Gasteiger partial charge on any atom is -0.490 e. The highest BCUT2D eigenvalue weighted by Crippen LogP contribution is 2.46. The second kappa shape index (κ2) is 8.38. The Morgan fingerprint density at radius 1 is 1.13 bits per heavy atom. The van der Waals surface area contributed by atoms with E-state index in [1.54, 1.807) is 0 Å². The maximum Gasteiger partial charge on any atom is 0.130 e. The number of hydrogen-bond donors (Lipinski definition) is 3. The predicted molar refractivity (Wildman–Crippen MR) is 118 cm³/mol. The number of aliphatic hydroxyl groups excluding tert-OH is 3. The molecule has 1 saturated carbocycles. The Morgan fingerprint density at radius 2 is 1.87 bits per heavy atom. The summed E-state index contributed by atoms with van der Waals surface area (Å²) in [6.45, 7) is 1.65. The van der Waals surface area contributed by atoms with E-state index in [-0.39, 0.29) is 19.1 Å². The number of benzene rings is 2. The van der Waals surface area contributed by atoms with Crippen LogP contribution < -0.4 is 4.74 Å². The van der Waals surface area contributed by atoms with Crippen LogP contribution in [0.2, 0.25) is 5.02 Å². The van der Waals surface area contributed by atoms with Crippen LogP contribution in [0.3, 0.4) is 0 Å². The van der Waals surface area contributed by atoms with Gasteiger partial charge >= 0.3 is 0 Å². The summed E-state index contributed by atoms with van der Waals surface area (Å²) in [7, 11) is 0. The summed E-state index contributed by atoms with van der Waals surface area (Å²) >= 11 is 6.83. The molecule has 5 rings (SSSR count). The number of aliphatic hydroxyl groups is 3. The molecule has 0 spiro atoms. The highest BCUT2D eigenvalue weighted by molar-refractivity contribution is 6.32. The Bertz CT molecular complexity index is 955. The van der Waals surface area contributed by atoms with Gasteiger partial charge in [0.2, 0.25) is 0 Å². The van der Waals surface area contributed by atoms with Crippen molar-refractivity contribution in [2.75, 3.05) is 6.61 Å². The van der Waals surface area contributed by atoms with Crippen LogP contribution in [0.15, 0.2) is 30.3 Å². The molecule has 166 valence electrons. The van der Waals surface area contributed by atoms with Crippen LogP contribution in [0.5, 0.6) is 5.75 Å². The third-order valence-electron chi connectivity index (χ3n) is 6.74. The fraction of sp³-hybridized carbons (Fsp3) is 0.520. The molecule has 3 N–H and O–H groups in total. The van der Waals surface area contributed by atoms with E-state index >= 15 is 0 Å². The first kappa shape index (κ1) is 21.2. The van der Waals surface area contributed by atoms with Crippen LogP contribution in [0.1, 0.15) is 66.0 Å². The summed E-state index contributed by atoms with van der Waals surface area (Å²) in [5.41, 5.74) is 5.40. The first-order valence-electron chi connectivity index (χ1n) is 11.2. The lowest BCUT2D eigenvalue weighted by atomic mass is 9.90. The largest absolute Gasteiger partial charge is 0.490 e. The average Bonchev–Trinajstić information content (AvgIpc) is 3.53. The lowest BCUT2D eigenvalue weighted by molar-refractivity contribution is -0.181. The topological polar surface area (TPSA) is 79.2 Å². The summed E-state index contributed by atoms with van der Waals surface area (Å²) in [6.07, 6.45) is 0.829. The van der Waals surface area contributed by atoms with Gasteiger partial charge < -0.3 is 24.8 Å². The van der Waals surface area contributed by atoms with Crippen LogP contribution in [0, 0.1) is 0 Å². The summed E-state index contributed by atoms with van der Waals surface area (Å²) in [5.74, 6) is 1.45. The van der Waals surface area contributed by atoms with Crippen molar-refractivity contribution in [1.29, 1.82) is 0 Å². The first-order valence-corrected chi connectivity index (χ1v) is 11.5. The van der Waals surface area contributed by atoms with Gasteiger partial charge in [-0.3, -0.25) is 0 Å². The SMILES string of the molecule is CC1Cc2c(Cl)c(Cc3ccc(C4CC4)cc3)cc(C3CC(O)[C@H](O)C(CO)O3)c2O1.